The highest BCUT2D eigenvalue weighted by Crippen LogP contribution is 2.31. The Balaban J connectivity index is 1.72. The molecule has 2 unspecified atom stereocenters. The molecule has 1 fully saturated rings. The van der Waals surface area contributed by atoms with Crippen molar-refractivity contribution >= 4 is 5.69 Å². The van der Waals surface area contributed by atoms with Gasteiger partial charge in [0.05, 0.1) is 0 Å². The molecule has 2 N–H and O–H groups in total. The second-order valence-corrected chi connectivity index (χ2v) is 5.62. The lowest BCUT2D eigenvalue weighted by atomic mass is 9.99. The molecule has 3 rings (SSSR count). The van der Waals surface area contributed by atoms with Crippen LogP contribution in [-0.2, 0) is 6.42 Å². The van der Waals surface area contributed by atoms with Crippen LogP contribution < -0.4 is 10.6 Å². The van der Waals surface area contributed by atoms with Gasteiger partial charge in [-0.3, -0.25) is 0 Å². The molecule has 2 atom stereocenters. The van der Waals surface area contributed by atoms with E-state index in [1.165, 1.54) is 56.4 Å². The van der Waals surface area contributed by atoms with Crippen molar-refractivity contribution in [1.82, 2.24) is 0 Å². The maximum atomic E-state index is 6.01. The topological polar surface area (TPSA) is 29.3 Å². The van der Waals surface area contributed by atoms with E-state index in [9.17, 15) is 0 Å². The molecule has 1 aromatic rings. The highest BCUT2D eigenvalue weighted by Gasteiger charge is 2.25. The first kappa shape index (κ1) is 11.1. The fourth-order valence-electron chi connectivity index (χ4n) is 3.39. The smallest absolute Gasteiger partial charge is 0.0398 e. The Kier molecular flexibility index (Phi) is 3.06. The summed E-state index contributed by atoms with van der Waals surface area (Å²) in [5, 5.41) is 0. The summed E-state index contributed by atoms with van der Waals surface area (Å²) in [5.74, 6) is 0.816. The maximum Gasteiger partial charge on any atom is 0.0398 e. The largest absolute Gasteiger partial charge is 0.371 e. The van der Waals surface area contributed by atoms with Gasteiger partial charge in [-0.2, -0.15) is 0 Å². The third-order valence-electron chi connectivity index (χ3n) is 4.27. The molecule has 0 bridgehead atoms. The summed E-state index contributed by atoms with van der Waals surface area (Å²) in [6.45, 7) is 2.44. The van der Waals surface area contributed by atoms with Gasteiger partial charge in [-0.1, -0.05) is 18.2 Å². The van der Waals surface area contributed by atoms with Crippen molar-refractivity contribution in [3.63, 3.8) is 0 Å². The lowest BCUT2D eigenvalue weighted by Gasteiger charge is -2.33. The van der Waals surface area contributed by atoms with Crippen LogP contribution in [0, 0.1) is 5.92 Å². The summed E-state index contributed by atoms with van der Waals surface area (Å²) >= 11 is 0. The fraction of sp³-hybridized carbons (Fsp3) is 0.600. The maximum absolute atomic E-state index is 6.01. The Labute approximate surface area is 104 Å². The van der Waals surface area contributed by atoms with Crippen LogP contribution in [0.3, 0.4) is 0 Å². The van der Waals surface area contributed by atoms with Crippen molar-refractivity contribution < 1.29 is 0 Å². The van der Waals surface area contributed by atoms with Crippen molar-refractivity contribution in [3.8, 4) is 0 Å². The molecule has 1 saturated carbocycles. The molecule has 0 saturated heterocycles. The van der Waals surface area contributed by atoms with Gasteiger partial charge in [-0.25, -0.2) is 0 Å². The Morgan fingerprint density at radius 2 is 2.12 bits per heavy atom. The second-order valence-electron chi connectivity index (χ2n) is 5.62. The molecule has 0 aromatic heterocycles. The molecule has 2 nitrogen and oxygen atoms in total. The molecule has 17 heavy (non-hydrogen) atoms. The van der Waals surface area contributed by atoms with E-state index >= 15 is 0 Å². The van der Waals surface area contributed by atoms with Gasteiger partial charge in [0, 0.05) is 24.8 Å². The van der Waals surface area contributed by atoms with Gasteiger partial charge in [0.15, 0.2) is 0 Å². The zero-order valence-electron chi connectivity index (χ0n) is 10.4. The quantitative estimate of drug-likeness (QED) is 0.846. The van der Waals surface area contributed by atoms with Crippen molar-refractivity contribution in [2.45, 2.75) is 38.1 Å². The molecule has 0 spiro atoms. The molecular formula is C15H22N2. The Morgan fingerprint density at radius 1 is 1.24 bits per heavy atom. The van der Waals surface area contributed by atoms with Crippen LogP contribution in [0.5, 0.6) is 0 Å². The number of anilines is 1. The Hall–Kier alpha value is -1.02. The predicted octanol–water partition coefficient (Wildman–Crippen LogP) is 2.57. The van der Waals surface area contributed by atoms with E-state index in [0.29, 0.717) is 6.04 Å². The van der Waals surface area contributed by atoms with Gasteiger partial charge < -0.3 is 10.6 Å². The summed E-state index contributed by atoms with van der Waals surface area (Å²) in [6.07, 6.45) is 6.31. The van der Waals surface area contributed by atoms with E-state index in [1.54, 1.807) is 0 Å². The number of nitrogens with two attached hydrogens (primary N) is 1. The van der Waals surface area contributed by atoms with Gasteiger partial charge in [0.25, 0.3) is 0 Å². The van der Waals surface area contributed by atoms with E-state index in [1.807, 2.05) is 0 Å². The van der Waals surface area contributed by atoms with Crippen molar-refractivity contribution in [3.05, 3.63) is 29.8 Å². The minimum absolute atomic E-state index is 0.458. The third kappa shape index (κ3) is 2.32. The first-order valence-corrected chi connectivity index (χ1v) is 6.91. The minimum Gasteiger partial charge on any atom is -0.371 e. The number of para-hydroxylation sites is 1. The highest BCUT2D eigenvalue weighted by atomic mass is 15.1. The highest BCUT2D eigenvalue weighted by molar-refractivity contribution is 5.55. The summed E-state index contributed by atoms with van der Waals surface area (Å²) in [6, 6.07) is 9.34. The van der Waals surface area contributed by atoms with Crippen LogP contribution >= 0.6 is 0 Å². The van der Waals surface area contributed by atoms with E-state index in [0.717, 1.165) is 5.92 Å². The van der Waals surface area contributed by atoms with Gasteiger partial charge in [0.1, 0.15) is 0 Å². The van der Waals surface area contributed by atoms with Gasteiger partial charge in [-0.15, -0.1) is 0 Å². The van der Waals surface area contributed by atoms with Crippen LogP contribution in [0.1, 0.15) is 31.2 Å². The first-order valence-electron chi connectivity index (χ1n) is 6.91. The molecule has 1 aromatic carbocycles. The van der Waals surface area contributed by atoms with Gasteiger partial charge in [0.2, 0.25) is 0 Å². The van der Waals surface area contributed by atoms with Crippen molar-refractivity contribution in [1.29, 1.82) is 0 Å². The second kappa shape index (κ2) is 4.69. The number of fused-ring (bicyclic) bond motifs is 1. The molecule has 92 valence electrons. The molecule has 2 aliphatic rings. The number of rotatable bonds is 2. The van der Waals surface area contributed by atoms with Gasteiger partial charge in [-0.05, 0) is 49.7 Å². The average molecular weight is 230 g/mol. The van der Waals surface area contributed by atoms with E-state index < -0.39 is 0 Å². The normalized spacial score (nSPS) is 28.2. The lowest BCUT2D eigenvalue weighted by molar-refractivity contribution is 0.511. The van der Waals surface area contributed by atoms with Crippen molar-refractivity contribution in [2.24, 2.45) is 11.7 Å². The number of nitrogens with zero attached hydrogens (tertiary/aromatic N) is 1. The summed E-state index contributed by atoms with van der Waals surface area (Å²) < 4.78 is 0. The van der Waals surface area contributed by atoms with Gasteiger partial charge >= 0.3 is 0 Å². The molecule has 2 heteroatoms. The van der Waals surface area contributed by atoms with Crippen LogP contribution in [0.4, 0.5) is 5.69 Å². The fourth-order valence-corrected chi connectivity index (χ4v) is 3.39. The van der Waals surface area contributed by atoms with E-state index in [2.05, 4.69) is 29.2 Å². The monoisotopic (exact) mass is 230 g/mol. The van der Waals surface area contributed by atoms with Crippen LogP contribution in [0.15, 0.2) is 24.3 Å². The van der Waals surface area contributed by atoms with Crippen LogP contribution in [0.25, 0.3) is 0 Å². The number of hydrogen-bond donors (Lipinski definition) is 1. The number of benzene rings is 1. The molecule has 0 radical (unpaired) electrons. The standard InChI is InChI=1S/C15H22N2/c16-14-8-7-12(10-14)11-17-9-3-5-13-4-1-2-6-15(13)17/h1-2,4,6,12,14H,3,5,7-11,16H2. The average Bonchev–Trinajstić information content (AvgIpc) is 2.75. The number of hydrogen-bond acceptors (Lipinski definition) is 2. The zero-order chi connectivity index (χ0) is 11.7. The Morgan fingerprint density at radius 3 is 2.94 bits per heavy atom. The molecule has 1 heterocycles. The molecular weight excluding hydrogens is 208 g/mol. The lowest BCUT2D eigenvalue weighted by Crippen LogP contribution is -2.33. The van der Waals surface area contributed by atoms with Crippen molar-refractivity contribution in [2.75, 3.05) is 18.0 Å². The number of aryl methyl sites for hydroxylation is 1. The predicted molar refractivity (Wildman–Crippen MR) is 72.3 cm³/mol. The molecule has 1 aliphatic heterocycles. The van der Waals surface area contributed by atoms with Crippen LogP contribution in [-0.4, -0.2) is 19.1 Å². The Bertz CT molecular complexity index is 388. The third-order valence-corrected chi connectivity index (χ3v) is 4.27. The molecule has 0 amide bonds. The SMILES string of the molecule is NC1CCC(CN2CCCc3ccccc32)C1. The molecule has 1 aliphatic carbocycles. The summed E-state index contributed by atoms with van der Waals surface area (Å²) in [7, 11) is 0. The van der Waals surface area contributed by atoms with E-state index in [4.69, 9.17) is 5.73 Å². The summed E-state index contributed by atoms with van der Waals surface area (Å²) in [4.78, 5) is 2.58. The summed E-state index contributed by atoms with van der Waals surface area (Å²) in [5.41, 5.74) is 9.01. The minimum atomic E-state index is 0.458. The zero-order valence-corrected chi connectivity index (χ0v) is 10.4. The van der Waals surface area contributed by atoms with E-state index in [-0.39, 0.29) is 0 Å². The first-order chi connectivity index (χ1) is 8.33. The van der Waals surface area contributed by atoms with Crippen LogP contribution in [0.2, 0.25) is 0 Å².